The van der Waals surface area contributed by atoms with Gasteiger partial charge in [0.05, 0.1) is 5.56 Å². The van der Waals surface area contributed by atoms with Crippen LogP contribution in [0.5, 0.6) is 5.75 Å². The molecule has 0 saturated carbocycles. The van der Waals surface area contributed by atoms with E-state index in [1.165, 1.54) is 6.07 Å². The van der Waals surface area contributed by atoms with Crippen molar-refractivity contribution in [1.82, 2.24) is 9.38 Å². The van der Waals surface area contributed by atoms with E-state index in [-0.39, 0.29) is 11.3 Å². The fourth-order valence-corrected chi connectivity index (χ4v) is 1.89. The molecule has 0 bridgehead atoms. The Hall–Kier alpha value is -3.00. The lowest BCUT2D eigenvalue weighted by atomic mass is 10.2. The molecule has 0 unspecified atom stereocenters. The molecule has 0 aliphatic rings. The standard InChI is InChI=1S/C14H10N4O/c15-9-10-3-4-11(8-13(10)19)17-14-16-6-5-12-2-1-7-18(12)14/h1-8,19H,(H,16,17). The van der Waals surface area contributed by atoms with Crippen molar-refractivity contribution in [1.29, 1.82) is 5.26 Å². The van der Waals surface area contributed by atoms with E-state index in [2.05, 4.69) is 10.3 Å². The maximum Gasteiger partial charge on any atom is 0.211 e. The predicted octanol–water partition coefficient (Wildman–Crippen LogP) is 2.66. The first-order valence-electron chi connectivity index (χ1n) is 5.70. The Kier molecular flexibility index (Phi) is 2.54. The van der Waals surface area contributed by atoms with Gasteiger partial charge in [-0.1, -0.05) is 0 Å². The third-order valence-corrected chi connectivity index (χ3v) is 2.82. The molecule has 92 valence electrons. The van der Waals surface area contributed by atoms with Crippen LogP contribution >= 0.6 is 0 Å². The van der Waals surface area contributed by atoms with Crippen molar-refractivity contribution in [3.05, 3.63) is 54.4 Å². The zero-order valence-corrected chi connectivity index (χ0v) is 9.91. The Balaban J connectivity index is 1.99. The van der Waals surface area contributed by atoms with Gasteiger partial charge in [0.25, 0.3) is 0 Å². The summed E-state index contributed by atoms with van der Waals surface area (Å²) < 4.78 is 1.90. The van der Waals surface area contributed by atoms with Crippen molar-refractivity contribution < 1.29 is 5.11 Å². The summed E-state index contributed by atoms with van der Waals surface area (Å²) in [7, 11) is 0. The van der Waals surface area contributed by atoms with Crippen LogP contribution in [0.1, 0.15) is 5.56 Å². The molecule has 1 aromatic carbocycles. The molecule has 0 atom stereocenters. The molecule has 0 radical (unpaired) electrons. The summed E-state index contributed by atoms with van der Waals surface area (Å²) in [4.78, 5) is 4.25. The molecule has 5 nitrogen and oxygen atoms in total. The van der Waals surface area contributed by atoms with Gasteiger partial charge < -0.3 is 10.4 Å². The number of nitrogens with zero attached hydrogens (tertiary/aromatic N) is 3. The van der Waals surface area contributed by atoms with Gasteiger partial charge >= 0.3 is 0 Å². The van der Waals surface area contributed by atoms with Gasteiger partial charge in [0, 0.05) is 29.7 Å². The van der Waals surface area contributed by atoms with Crippen molar-refractivity contribution in [2.45, 2.75) is 0 Å². The first kappa shape index (κ1) is 11.1. The van der Waals surface area contributed by atoms with Crippen molar-refractivity contribution in [2.75, 3.05) is 5.32 Å². The molecule has 3 aromatic rings. The molecule has 5 heteroatoms. The van der Waals surface area contributed by atoms with Crippen LogP contribution in [0.3, 0.4) is 0 Å². The molecule has 2 N–H and O–H groups in total. The molecule has 2 aromatic heterocycles. The van der Waals surface area contributed by atoms with Crippen molar-refractivity contribution in [3.63, 3.8) is 0 Å². The Morgan fingerprint density at radius 3 is 2.95 bits per heavy atom. The molecular formula is C14H10N4O. The van der Waals surface area contributed by atoms with E-state index in [9.17, 15) is 5.11 Å². The Morgan fingerprint density at radius 2 is 2.16 bits per heavy atom. The lowest BCUT2D eigenvalue weighted by molar-refractivity contribution is 0.474. The summed E-state index contributed by atoms with van der Waals surface area (Å²) in [5.41, 5.74) is 1.94. The zero-order chi connectivity index (χ0) is 13.2. The predicted molar refractivity (Wildman–Crippen MR) is 71.3 cm³/mol. The summed E-state index contributed by atoms with van der Waals surface area (Å²) in [6.45, 7) is 0. The second-order valence-corrected chi connectivity index (χ2v) is 4.04. The molecule has 19 heavy (non-hydrogen) atoms. The number of anilines is 2. The van der Waals surface area contributed by atoms with Gasteiger partial charge in [0.1, 0.15) is 11.8 Å². The third-order valence-electron chi connectivity index (χ3n) is 2.82. The zero-order valence-electron chi connectivity index (χ0n) is 9.91. The van der Waals surface area contributed by atoms with E-state index in [1.807, 2.05) is 34.9 Å². The Labute approximate surface area is 109 Å². The maximum absolute atomic E-state index is 9.65. The quantitative estimate of drug-likeness (QED) is 0.733. The highest BCUT2D eigenvalue weighted by Gasteiger charge is 2.04. The molecule has 2 heterocycles. The van der Waals surface area contributed by atoms with Crippen LogP contribution in [0.25, 0.3) is 5.52 Å². The highest BCUT2D eigenvalue weighted by molar-refractivity contribution is 5.62. The number of benzene rings is 1. The van der Waals surface area contributed by atoms with E-state index in [4.69, 9.17) is 5.26 Å². The van der Waals surface area contributed by atoms with Crippen LogP contribution in [-0.4, -0.2) is 14.5 Å². The highest BCUT2D eigenvalue weighted by Crippen LogP contribution is 2.23. The average Bonchev–Trinajstić information content (AvgIpc) is 2.88. The average molecular weight is 250 g/mol. The second kappa shape index (κ2) is 4.35. The minimum atomic E-state index is -0.0489. The minimum absolute atomic E-state index is 0.0489. The number of hydrogen-bond acceptors (Lipinski definition) is 4. The van der Waals surface area contributed by atoms with E-state index >= 15 is 0 Å². The van der Waals surface area contributed by atoms with Crippen LogP contribution in [-0.2, 0) is 0 Å². The molecule has 0 saturated heterocycles. The lowest BCUT2D eigenvalue weighted by Crippen LogP contribution is -2.00. The molecule has 0 aliphatic heterocycles. The smallest absolute Gasteiger partial charge is 0.211 e. The summed E-state index contributed by atoms with van der Waals surface area (Å²) >= 11 is 0. The number of phenols is 1. The lowest BCUT2D eigenvalue weighted by Gasteiger charge is -2.08. The van der Waals surface area contributed by atoms with Gasteiger partial charge in [-0.15, -0.1) is 0 Å². The van der Waals surface area contributed by atoms with Crippen molar-refractivity contribution in [3.8, 4) is 11.8 Å². The van der Waals surface area contributed by atoms with Crippen LogP contribution in [0.15, 0.2) is 48.8 Å². The van der Waals surface area contributed by atoms with Crippen molar-refractivity contribution >= 4 is 17.2 Å². The van der Waals surface area contributed by atoms with Gasteiger partial charge in [-0.25, -0.2) is 4.98 Å². The number of hydrogen-bond donors (Lipinski definition) is 2. The number of aromatic nitrogens is 2. The van der Waals surface area contributed by atoms with Crippen LogP contribution in [0.4, 0.5) is 11.6 Å². The fraction of sp³-hybridized carbons (Fsp3) is 0. The van der Waals surface area contributed by atoms with Gasteiger partial charge in [-0.2, -0.15) is 5.26 Å². The first-order chi connectivity index (χ1) is 9.28. The Bertz CT molecular complexity index is 785. The highest BCUT2D eigenvalue weighted by atomic mass is 16.3. The van der Waals surface area contributed by atoms with Crippen molar-refractivity contribution in [2.24, 2.45) is 0 Å². The van der Waals surface area contributed by atoms with Crippen LogP contribution in [0.2, 0.25) is 0 Å². The van der Waals surface area contributed by atoms with Gasteiger partial charge in [0.15, 0.2) is 0 Å². The number of aromatic hydroxyl groups is 1. The van der Waals surface area contributed by atoms with Gasteiger partial charge in [-0.3, -0.25) is 4.40 Å². The van der Waals surface area contributed by atoms with E-state index < -0.39 is 0 Å². The molecule has 0 fully saturated rings. The fourth-order valence-electron chi connectivity index (χ4n) is 1.89. The van der Waals surface area contributed by atoms with E-state index in [1.54, 1.807) is 18.3 Å². The third kappa shape index (κ3) is 1.96. The maximum atomic E-state index is 9.65. The molecule has 0 spiro atoms. The summed E-state index contributed by atoms with van der Waals surface area (Å²) in [6, 6.07) is 12.5. The second-order valence-electron chi connectivity index (χ2n) is 4.04. The number of phenolic OH excluding ortho intramolecular Hbond substituents is 1. The molecule has 0 aliphatic carbocycles. The molecule has 0 amide bonds. The van der Waals surface area contributed by atoms with Crippen LogP contribution in [0, 0.1) is 11.3 Å². The number of fused-ring (bicyclic) bond motifs is 1. The summed E-state index contributed by atoms with van der Waals surface area (Å²) in [6.07, 6.45) is 3.61. The normalized spacial score (nSPS) is 10.3. The summed E-state index contributed by atoms with van der Waals surface area (Å²) in [5.74, 6) is 0.596. The van der Waals surface area contributed by atoms with E-state index in [0.717, 1.165) is 5.52 Å². The number of nitriles is 1. The topological polar surface area (TPSA) is 73.4 Å². The first-order valence-corrected chi connectivity index (χ1v) is 5.70. The summed E-state index contributed by atoms with van der Waals surface area (Å²) in [5, 5.41) is 21.5. The monoisotopic (exact) mass is 250 g/mol. The molecular weight excluding hydrogens is 240 g/mol. The SMILES string of the molecule is N#Cc1ccc(Nc2nccc3cccn23)cc1O. The van der Waals surface area contributed by atoms with E-state index in [0.29, 0.717) is 11.6 Å². The minimum Gasteiger partial charge on any atom is -0.506 e. The molecule has 3 rings (SSSR count). The number of nitrogens with one attached hydrogen (secondary N) is 1. The van der Waals surface area contributed by atoms with Gasteiger partial charge in [0.2, 0.25) is 5.95 Å². The van der Waals surface area contributed by atoms with Gasteiger partial charge in [-0.05, 0) is 30.3 Å². The Morgan fingerprint density at radius 1 is 1.26 bits per heavy atom. The number of rotatable bonds is 2. The largest absolute Gasteiger partial charge is 0.506 e. The van der Waals surface area contributed by atoms with Crippen LogP contribution < -0.4 is 5.32 Å².